The van der Waals surface area contributed by atoms with Crippen molar-refractivity contribution in [1.29, 1.82) is 0 Å². The Hall–Kier alpha value is -2.94. The number of carbonyl (C=O) groups excluding carboxylic acids is 1. The Morgan fingerprint density at radius 2 is 2.00 bits per heavy atom. The Bertz CT molecular complexity index is 1010. The van der Waals surface area contributed by atoms with Gasteiger partial charge in [0.15, 0.2) is 5.13 Å². The van der Waals surface area contributed by atoms with E-state index in [9.17, 15) is 22.8 Å². The van der Waals surface area contributed by atoms with Crippen molar-refractivity contribution in [3.63, 3.8) is 0 Å². The first-order valence-corrected chi connectivity index (χ1v) is 8.69. The normalized spacial score (nSPS) is 11.4. The van der Waals surface area contributed by atoms with E-state index in [2.05, 4.69) is 10.3 Å². The second-order valence-electron chi connectivity index (χ2n) is 5.72. The van der Waals surface area contributed by atoms with Gasteiger partial charge >= 0.3 is 6.18 Å². The molecule has 0 aliphatic rings. The van der Waals surface area contributed by atoms with Gasteiger partial charge in [0.05, 0.1) is 5.56 Å². The van der Waals surface area contributed by atoms with Crippen LogP contribution in [-0.2, 0) is 23.9 Å². The van der Waals surface area contributed by atoms with E-state index >= 15 is 0 Å². The summed E-state index contributed by atoms with van der Waals surface area (Å²) in [4.78, 5) is 28.4. The number of rotatable bonds is 5. The number of halogens is 3. The van der Waals surface area contributed by atoms with Gasteiger partial charge in [0.2, 0.25) is 5.91 Å². The number of nitrogens with one attached hydrogen (secondary N) is 1. The van der Waals surface area contributed by atoms with Crippen molar-refractivity contribution in [3.05, 3.63) is 81.2 Å². The molecule has 0 saturated carbocycles. The first-order valence-electron chi connectivity index (χ1n) is 7.87. The third-order valence-corrected chi connectivity index (χ3v) is 4.56. The lowest BCUT2D eigenvalue weighted by Crippen LogP contribution is -2.26. The van der Waals surface area contributed by atoms with Gasteiger partial charge in [-0.15, -0.1) is 11.3 Å². The van der Waals surface area contributed by atoms with Gasteiger partial charge in [-0.25, -0.2) is 4.98 Å². The van der Waals surface area contributed by atoms with E-state index in [1.165, 1.54) is 40.4 Å². The molecule has 0 bridgehead atoms. The SMILES string of the molecule is O=C(Cn1ccccc1=O)Nc1ncc(Cc2cccc(C(F)(F)F)c2)s1. The fourth-order valence-corrected chi connectivity index (χ4v) is 3.27. The lowest BCUT2D eigenvalue weighted by atomic mass is 10.1. The standard InChI is InChI=1S/C18H14F3N3O2S/c19-18(20,21)13-5-3-4-12(8-13)9-14-10-22-17(27-14)23-15(25)11-24-7-2-1-6-16(24)26/h1-8,10H,9,11H2,(H,22,23,25). The molecule has 1 N–H and O–H groups in total. The number of anilines is 1. The van der Waals surface area contributed by atoms with E-state index in [1.54, 1.807) is 18.2 Å². The van der Waals surface area contributed by atoms with Crippen LogP contribution >= 0.6 is 11.3 Å². The third kappa shape index (κ3) is 5.04. The monoisotopic (exact) mass is 393 g/mol. The van der Waals surface area contributed by atoms with Crippen LogP contribution in [0.25, 0.3) is 0 Å². The Labute approximate surface area is 156 Å². The molecule has 0 atom stereocenters. The molecule has 0 aliphatic carbocycles. The Morgan fingerprint density at radius 1 is 1.19 bits per heavy atom. The molecule has 2 heterocycles. The summed E-state index contributed by atoms with van der Waals surface area (Å²) in [7, 11) is 0. The molecule has 0 unspecified atom stereocenters. The molecule has 5 nitrogen and oxygen atoms in total. The Balaban J connectivity index is 1.64. The summed E-state index contributed by atoms with van der Waals surface area (Å²) in [6, 6.07) is 9.66. The van der Waals surface area contributed by atoms with Gasteiger partial charge in [0, 0.05) is 29.8 Å². The number of hydrogen-bond acceptors (Lipinski definition) is 4. The van der Waals surface area contributed by atoms with Gasteiger partial charge in [0.25, 0.3) is 5.56 Å². The van der Waals surface area contributed by atoms with Gasteiger partial charge in [-0.05, 0) is 17.7 Å². The molecule has 0 fully saturated rings. The van der Waals surface area contributed by atoms with Gasteiger partial charge in [-0.3, -0.25) is 9.59 Å². The predicted octanol–water partition coefficient (Wildman–Crippen LogP) is 3.55. The lowest BCUT2D eigenvalue weighted by molar-refractivity contribution is -0.137. The average molecular weight is 393 g/mol. The number of nitrogens with zero attached hydrogens (tertiary/aromatic N) is 2. The highest BCUT2D eigenvalue weighted by molar-refractivity contribution is 7.15. The van der Waals surface area contributed by atoms with Crippen LogP contribution in [0.1, 0.15) is 16.0 Å². The zero-order chi connectivity index (χ0) is 19.4. The first kappa shape index (κ1) is 18.8. The highest BCUT2D eigenvalue weighted by Gasteiger charge is 2.30. The van der Waals surface area contributed by atoms with Crippen LogP contribution < -0.4 is 10.9 Å². The average Bonchev–Trinajstić information content (AvgIpc) is 3.03. The number of pyridine rings is 1. The van der Waals surface area contributed by atoms with Crippen molar-refractivity contribution in [1.82, 2.24) is 9.55 Å². The number of alkyl halides is 3. The van der Waals surface area contributed by atoms with Gasteiger partial charge < -0.3 is 9.88 Å². The molecule has 0 spiro atoms. The molecule has 2 aromatic heterocycles. The molecule has 3 rings (SSSR count). The Morgan fingerprint density at radius 3 is 2.74 bits per heavy atom. The maximum atomic E-state index is 12.8. The number of thiazole rings is 1. The molecule has 140 valence electrons. The van der Waals surface area contributed by atoms with Gasteiger partial charge in [-0.1, -0.05) is 24.3 Å². The number of carbonyl (C=O) groups is 1. The zero-order valence-electron chi connectivity index (χ0n) is 13.9. The van der Waals surface area contributed by atoms with Crippen molar-refractivity contribution < 1.29 is 18.0 Å². The molecule has 9 heteroatoms. The van der Waals surface area contributed by atoms with Crippen LogP contribution in [0.3, 0.4) is 0 Å². The molecule has 3 aromatic rings. The summed E-state index contributed by atoms with van der Waals surface area (Å²) in [6.45, 7) is -0.151. The second kappa shape index (κ2) is 7.75. The molecule has 0 radical (unpaired) electrons. The highest BCUT2D eigenvalue weighted by Crippen LogP contribution is 2.30. The molecule has 27 heavy (non-hydrogen) atoms. The second-order valence-corrected chi connectivity index (χ2v) is 6.84. The quantitative estimate of drug-likeness (QED) is 0.721. The lowest BCUT2D eigenvalue weighted by Gasteiger charge is -2.07. The van der Waals surface area contributed by atoms with E-state index in [0.717, 1.165) is 12.1 Å². The van der Waals surface area contributed by atoms with Crippen LogP contribution in [0, 0.1) is 0 Å². The fraction of sp³-hybridized carbons (Fsp3) is 0.167. The van der Waals surface area contributed by atoms with Crippen LogP contribution in [0.15, 0.2) is 59.7 Å². The summed E-state index contributed by atoms with van der Waals surface area (Å²) >= 11 is 1.17. The number of benzene rings is 1. The largest absolute Gasteiger partial charge is 0.416 e. The molecular formula is C18H14F3N3O2S. The van der Waals surface area contributed by atoms with E-state index in [4.69, 9.17) is 0 Å². The maximum Gasteiger partial charge on any atom is 0.416 e. The van der Waals surface area contributed by atoms with Crippen molar-refractivity contribution in [2.24, 2.45) is 0 Å². The molecule has 1 aromatic carbocycles. The summed E-state index contributed by atoms with van der Waals surface area (Å²) in [5.41, 5.74) is -0.495. The first-order chi connectivity index (χ1) is 12.8. The van der Waals surface area contributed by atoms with Crippen molar-refractivity contribution >= 4 is 22.4 Å². The van der Waals surface area contributed by atoms with Gasteiger partial charge in [0.1, 0.15) is 6.54 Å². The molecule has 0 saturated heterocycles. The number of aromatic nitrogens is 2. The van der Waals surface area contributed by atoms with Crippen molar-refractivity contribution in [3.8, 4) is 0 Å². The van der Waals surface area contributed by atoms with Crippen molar-refractivity contribution in [2.75, 3.05) is 5.32 Å². The maximum absolute atomic E-state index is 12.8. The highest BCUT2D eigenvalue weighted by atomic mass is 32.1. The predicted molar refractivity (Wildman–Crippen MR) is 95.7 cm³/mol. The molecular weight excluding hydrogens is 379 g/mol. The number of amides is 1. The van der Waals surface area contributed by atoms with Crippen molar-refractivity contribution in [2.45, 2.75) is 19.1 Å². The smallest absolute Gasteiger partial charge is 0.306 e. The molecule has 0 aliphatic heterocycles. The minimum Gasteiger partial charge on any atom is -0.306 e. The van der Waals surface area contributed by atoms with E-state index in [1.807, 2.05) is 0 Å². The Kier molecular flexibility index (Phi) is 5.41. The van der Waals surface area contributed by atoms with Crippen LogP contribution in [-0.4, -0.2) is 15.5 Å². The number of hydrogen-bond donors (Lipinski definition) is 1. The van der Waals surface area contributed by atoms with E-state index in [-0.39, 0.29) is 18.5 Å². The van der Waals surface area contributed by atoms with E-state index in [0.29, 0.717) is 15.6 Å². The van der Waals surface area contributed by atoms with Crippen LogP contribution in [0.4, 0.5) is 18.3 Å². The minimum absolute atomic E-state index is 0.151. The summed E-state index contributed by atoms with van der Waals surface area (Å²) < 4.78 is 39.6. The zero-order valence-corrected chi connectivity index (χ0v) is 14.7. The van der Waals surface area contributed by atoms with E-state index < -0.39 is 17.6 Å². The van der Waals surface area contributed by atoms with Gasteiger partial charge in [-0.2, -0.15) is 13.2 Å². The topological polar surface area (TPSA) is 64.0 Å². The fourth-order valence-electron chi connectivity index (χ4n) is 2.41. The van der Waals surface area contributed by atoms with Crippen LogP contribution in [0.5, 0.6) is 0 Å². The third-order valence-electron chi connectivity index (χ3n) is 3.65. The summed E-state index contributed by atoms with van der Waals surface area (Å²) in [5, 5.41) is 2.91. The summed E-state index contributed by atoms with van der Waals surface area (Å²) in [5.74, 6) is -0.414. The van der Waals surface area contributed by atoms with Crippen LogP contribution in [0.2, 0.25) is 0 Å². The minimum atomic E-state index is -4.39. The summed E-state index contributed by atoms with van der Waals surface area (Å²) in [6.07, 6.45) is -1.11. The molecule has 1 amide bonds.